The second kappa shape index (κ2) is 6.50. The van der Waals surface area contributed by atoms with E-state index in [4.69, 9.17) is 9.15 Å². The molecule has 21 heavy (non-hydrogen) atoms. The average molecular weight is 288 g/mol. The van der Waals surface area contributed by atoms with Crippen molar-refractivity contribution in [2.75, 3.05) is 33.8 Å². The third-order valence-electron chi connectivity index (χ3n) is 4.35. The largest absolute Gasteiger partial charge is 0.493 e. The summed E-state index contributed by atoms with van der Waals surface area (Å²) in [7, 11) is 3.88. The summed E-state index contributed by atoms with van der Waals surface area (Å²) in [5, 5.41) is 4.63. The van der Waals surface area contributed by atoms with Crippen LogP contribution in [0.4, 0.5) is 0 Å². The first-order valence-corrected chi connectivity index (χ1v) is 7.71. The SMILES string of the molecule is COc1cccc2cc(CNCC3CCN(C)CC3)oc12. The van der Waals surface area contributed by atoms with Crippen LogP contribution in [0.5, 0.6) is 5.75 Å². The van der Waals surface area contributed by atoms with Crippen LogP contribution in [0.1, 0.15) is 18.6 Å². The minimum Gasteiger partial charge on any atom is -0.493 e. The lowest BCUT2D eigenvalue weighted by Crippen LogP contribution is -2.34. The van der Waals surface area contributed by atoms with Crippen molar-refractivity contribution in [1.29, 1.82) is 0 Å². The zero-order valence-corrected chi connectivity index (χ0v) is 12.9. The molecule has 2 heterocycles. The van der Waals surface area contributed by atoms with Gasteiger partial charge < -0.3 is 19.4 Å². The lowest BCUT2D eigenvalue weighted by atomic mass is 9.97. The molecule has 0 atom stereocenters. The molecule has 4 heteroatoms. The number of nitrogens with one attached hydrogen (secondary N) is 1. The van der Waals surface area contributed by atoms with Gasteiger partial charge in [0.1, 0.15) is 5.76 Å². The van der Waals surface area contributed by atoms with Crippen molar-refractivity contribution in [3.63, 3.8) is 0 Å². The van der Waals surface area contributed by atoms with Gasteiger partial charge in [-0.3, -0.25) is 0 Å². The molecule has 1 aromatic carbocycles. The molecule has 0 radical (unpaired) electrons. The zero-order valence-electron chi connectivity index (χ0n) is 12.9. The van der Waals surface area contributed by atoms with E-state index in [2.05, 4.69) is 29.4 Å². The summed E-state index contributed by atoms with van der Waals surface area (Å²) < 4.78 is 11.2. The molecule has 114 valence electrons. The summed E-state index contributed by atoms with van der Waals surface area (Å²) in [6, 6.07) is 8.08. The summed E-state index contributed by atoms with van der Waals surface area (Å²) in [5.74, 6) is 2.57. The molecule has 1 fully saturated rings. The number of nitrogens with zero attached hydrogens (tertiary/aromatic N) is 1. The number of para-hydroxylation sites is 1. The predicted octanol–water partition coefficient (Wildman–Crippen LogP) is 2.87. The Bertz CT molecular complexity index is 585. The highest BCUT2D eigenvalue weighted by molar-refractivity contribution is 5.83. The molecule has 0 unspecified atom stereocenters. The first-order valence-electron chi connectivity index (χ1n) is 7.71. The fourth-order valence-electron chi connectivity index (χ4n) is 3.00. The lowest BCUT2D eigenvalue weighted by Gasteiger charge is -2.28. The van der Waals surface area contributed by atoms with Crippen LogP contribution in [-0.2, 0) is 6.54 Å². The maximum absolute atomic E-state index is 5.90. The molecule has 1 aliphatic heterocycles. The Kier molecular flexibility index (Phi) is 4.46. The molecule has 0 spiro atoms. The number of piperidine rings is 1. The van der Waals surface area contributed by atoms with E-state index in [-0.39, 0.29) is 0 Å². The van der Waals surface area contributed by atoms with Crippen LogP contribution in [0.15, 0.2) is 28.7 Å². The topological polar surface area (TPSA) is 37.6 Å². The summed E-state index contributed by atoms with van der Waals surface area (Å²) in [6.45, 7) is 4.29. The first kappa shape index (κ1) is 14.4. The number of fused-ring (bicyclic) bond motifs is 1. The number of ether oxygens (including phenoxy) is 1. The smallest absolute Gasteiger partial charge is 0.176 e. The molecule has 0 saturated carbocycles. The van der Waals surface area contributed by atoms with Crippen molar-refractivity contribution in [1.82, 2.24) is 10.2 Å². The van der Waals surface area contributed by atoms with Gasteiger partial charge in [0.05, 0.1) is 13.7 Å². The van der Waals surface area contributed by atoms with Crippen molar-refractivity contribution in [3.05, 3.63) is 30.0 Å². The molecule has 1 aliphatic rings. The average Bonchev–Trinajstić information content (AvgIpc) is 2.92. The summed E-state index contributed by atoms with van der Waals surface area (Å²) in [4.78, 5) is 2.40. The van der Waals surface area contributed by atoms with E-state index in [0.29, 0.717) is 0 Å². The first-order chi connectivity index (χ1) is 10.3. The molecule has 0 aliphatic carbocycles. The van der Waals surface area contributed by atoms with Crippen LogP contribution in [0.3, 0.4) is 0 Å². The normalized spacial score (nSPS) is 17.4. The van der Waals surface area contributed by atoms with Crippen LogP contribution in [-0.4, -0.2) is 38.7 Å². The van der Waals surface area contributed by atoms with E-state index in [1.807, 2.05) is 12.1 Å². The van der Waals surface area contributed by atoms with Gasteiger partial charge in [0.25, 0.3) is 0 Å². The standard InChI is InChI=1S/C17H24N2O2/c1-19-8-6-13(7-9-19)11-18-12-15-10-14-4-3-5-16(20-2)17(14)21-15/h3-5,10,13,18H,6-9,11-12H2,1-2H3. The van der Waals surface area contributed by atoms with Gasteiger partial charge in [0.15, 0.2) is 11.3 Å². The highest BCUT2D eigenvalue weighted by Gasteiger charge is 2.16. The fourth-order valence-corrected chi connectivity index (χ4v) is 3.00. The number of rotatable bonds is 5. The van der Waals surface area contributed by atoms with E-state index in [0.717, 1.165) is 41.5 Å². The number of hydrogen-bond acceptors (Lipinski definition) is 4. The number of benzene rings is 1. The Hall–Kier alpha value is -1.52. The predicted molar refractivity (Wildman–Crippen MR) is 84.7 cm³/mol. The maximum Gasteiger partial charge on any atom is 0.176 e. The Morgan fingerprint density at radius 1 is 1.33 bits per heavy atom. The van der Waals surface area contributed by atoms with Gasteiger partial charge in [0.2, 0.25) is 0 Å². The van der Waals surface area contributed by atoms with Crippen molar-refractivity contribution in [3.8, 4) is 5.75 Å². The van der Waals surface area contributed by atoms with Crippen LogP contribution in [0.25, 0.3) is 11.0 Å². The molecule has 4 nitrogen and oxygen atoms in total. The molecular formula is C17H24N2O2. The minimum absolute atomic E-state index is 0.782. The van der Waals surface area contributed by atoms with Crippen molar-refractivity contribution >= 4 is 11.0 Å². The minimum atomic E-state index is 0.782. The summed E-state index contributed by atoms with van der Waals surface area (Å²) in [5.41, 5.74) is 0.844. The Morgan fingerprint density at radius 2 is 2.14 bits per heavy atom. The van der Waals surface area contributed by atoms with E-state index in [1.165, 1.54) is 25.9 Å². The molecule has 1 saturated heterocycles. The second-order valence-corrected chi connectivity index (χ2v) is 5.97. The van der Waals surface area contributed by atoms with Crippen molar-refractivity contribution in [2.45, 2.75) is 19.4 Å². The van der Waals surface area contributed by atoms with Gasteiger partial charge in [-0.15, -0.1) is 0 Å². The molecule has 1 aromatic heterocycles. The lowest BCUT2D eigenvalue weighted by molar-refractivity contribution is 0.215. The van der Waals surface area contributed by atoms with Gasteiger partial charge in [-0.1, -0.05) is 12.1 Å². The van der Waals surface area contributed by atoms with Crippen molar-refractivity contribution in [2.24, 2.45) is 5.92 Å². The van der Waals surface area contributed by atoms with E-state index < -0.39 is 0 Å². The van der Waals surface area contributed by atoms with E-state index in [9.17, 15) is 0 Å². The monoisotopic (exact) mass is 288 g/mol. The van der Waals surface area contributed by atoms with Gasteiger partial charge in [0, 0.05) is 5.39 Å². The summed E-state index contributed by atoms with van der Waals surface area (Å²) in [6.07, 6.45) is 2.58. The number of likely N-dealkylation sites (tertiary alicyclic amines) is 1. The van der Waals surface area contributed by atoms with E-state index >= 15 is 0 Å². The van der Waals surface area contributed by atoms with Gasteiger partial charge >= 0.3 is 0 Å². The maximum atomic E-state index is 5.90. The third kappa shape index (κ3) is 3.39. The highest BCUT2D eigenvalue weighted by Crippen LogP contribution is 2.28. The fraction of sp³-hybridized carbons (Fsp3) is 0.529. The highest BCUT2D eigenvalue weighted by atomic mass is 16.5. The van der Waals surface area contributed by atoms with E-state index in [1.54, 1.807) is 7.11 Å². The van der Waals surface area contributed by atoms with Crippen LogP contribution >= 0.6 is 0 Å². The number of methoxy groups -OCH3 is 1. The Labute approximate surface area is 126 Å². The molecule has 0 amide bonds. The molecule has 1 N–H and O–H groups in total. The Balaban J connectivity index is 1.56. The van der Waals surface area contributed by atoms with Gasteiger partial charge in [-0.25, -0.2) is 0 Å². The Morgan fingerprint density at radius 3 is 2.90 bits per heavy atom. The quantitative estimate of drug-likeness (QED) is 0.918. The molecular weight excluding hydrogens is 264 g/mol. The number of furan rings is 1. The summed E-state index contributed by atoms with van der Waals surface area (Å²) >= 11 is 0. The van der Waals surface area contributed by atoms with Crippen LogP contribution in [0, 0.1) is 5.92 Å². The third-order valence-corrected chi connectivity index (χ3v) is 4.35. The zero-order chi connectivity index (χ0) is 14.7. The van der Waals surface area contributed by atoms with Crippen molar-refractivity contribution < 1.29 is 9.15 Å². The molecule has 3 rings (SSSR count). The van der Waals surface area contributed by atoms with Crippen LogP contribution < -0.4 is 10.1 Å². The second-order valence-electron chi connectivity index (χ2n) is 5.97. The van der Waals surface area contributed by atoms with Gasteiger partial charge in [-0.2, -0.15) is 0 Å². The molecule has 0 bridgehead atoms. The number of hydrogen-bond donors (Lipinski definition) is 1. The van der Waals surface area contributed by atoms with Gasteiger partial charge in [-0.05, 0) is 57.6 Å². The van der Waals surface area contributed by atoms with Crippen LogP contribution in [0.2, 0.25) is 0 Å². The molecule has 2 aromatic rings.